The molecule has 8 aromatic carbocycles. The van der Waals surface area contributed by atoms with E-state index in [1.165, 1.54) is 54.7 Å². The van der Waals surface area contributed by atoms with E-state index in [9.17, 15) is 0 Å². The smallest absolute Gasteiger partial charge is 0.142 e. The van der Waals surface area contributed by atoms with Crippen molar-refractivity contribution in [3.8, 4) is 33.4 Å². The van der Waals surface area contributed by atoms with Crippen LogP contribution in [0.2, 0.25) is 0 Å². The monoisotopic (exact) mass is 586 g/mol. The van der Waals surface area contributed by atoms with E-state index in [-0.39, 0.29) is 0 Å². The Morgan fingerprint density at radius 3 is 1.93 bits per heavy atom. The molecule has 0 aliphatic rings. The lowest BCUT2D eigenvalue weighted by Gasteiger charge is -2.19. The largest absolute Gasteiger partial charge is 0.464 e. The first-order valence-electron chi connectivity index (χ1n) is 15.7. The van der Waals surface area contributed by atoms with E-state index < -0.39 is 0 Å². The van der Waals surface area contributed by atoms with Crippen LogP contribution in [0, 0.1) is 0 Å². The van der Waals surface area contributed by atoms with Crippen LogP contribution >= 0.6 is 0 Å². The molecule has 0 bridgehead atoms. The molecule has 2 heteroatoms. The van der Waals surface area contributed by atoms with E-state index in [4.69, 9.17) is 8.83 Å². The van der Waals surface area contributed by atoms with Crippen LogP contribution in [0.25, 0.3) is 98.6 Å². The molecule has 0 atom stereocenters. The number of hydrogen-bond donors (Lipinski definition) is 0. The van der Waals surface area contributed by atoms with Crippen LogP contribution in [0.15, 0.2) is 167 Å². The van der Waals surface area contributed by atoms with Crippen molar-refractivity contribution >= 4 is 65.2 Å². The quantitative estimate of drug-likeness (QED) is 0.193. The minimum absolute atomic E-state index is 0.901. The molecule has 0 amide bonds. The van der Waals surface area contributed by atoms with E-state index in [1.807, 2.05) is 6.07 Å². The van der Waals surface area contributed by atoms with Crippen LogP contribution in [0.5, 0.6) is 0 Å². The summed E-state index contributed by atoms with van der Waals surface area (Å²) in [6.45, 7) is 0. The summed E-state index contributed by atoms with van der Waals surface area (Å²) in [7, 11) is 0. The summed E-state index contributed by atoms with van der Waals surface area (Å²) in [5.41, 5.74) is 9.90. The minimum atomic E-state index is 0.901. The Morgan fingerprint density at radius 2 is 1.07 bits per heavy atom. The van der Waals surface area contributed by atoms with Crippen molar-refractivity contribution in [3.63, 3.8) is 0 Å². The van der Waals surface area contributed by atoms with E-state index in [0.717, 1.165) is 43.9 Å². The molecular formula is C44H26O2. The second-order valence-corrected chi connectivity index (χ2v) is 12.0. The van der Waals surface area contributed by atoms with Crippen molar-refractivity contribution in [3.05, 3.63) is 158 Å². The maximum absolute atomic E-state index is 6.37. The fraction of sp³-hybridized carbons (Fsp3) is 0. The first-order valence-corrected chi connectivity index (χ1v) is 15.7. The van der Waals surface area contributed by atoms with Gasteiger partial charge in [-0.25, -0.2) is 0 Å². The molecule has 2 aromatic heterocycles. The molecule has 0 saturated carbocycles. The Hall–Kier alpha value is -6.12. The van der Waals surface area contributed by atoms with Crippen molar-refractivity contribution in [2.45, 2.75) is 0 Å². The lowest BCUT2D eigenvalue weighted by atomic mass is 9.83. The lowest BCUT2D eigenvalue weighted by molar-refractivity contribution is 0.619. The van der Waals surface area contributed by atoms with Crippen molar-refractivity contribution in [2.75, 3.05) is 0 Å². The second kappa shape index (κ2) is 9.69. The summed E-state index contributed by atoms with van der Waals surface area (Å²) in [6, 6.07) is 54.3. The fourth-order valence-corrected chi connectivity index (χ4v) is 7.57. The SMILES string of the molecule is c1ccc(-c2c3ccccc3c(-c3cccc4oc5ccccc5c34)c3ccc(-c4cc5ccccc5c5occc45)cc23)cc1. The van der Waals surface area contributed by atoms with Crippen molar-refractivity contribution in [1.29, 1.82) is 0 Å². The van der Waals surface area contributed by atoms with Gasteiger partial charge in [-0.15, -0.1) is 0 Å². The van der Waals surface area contributed by atoms with Gasteiger partial charge in [0.1, 0.15) is 16.7 Å². The molecule has 2 heterocycles. The Morgan fingerprint density at radius 1 is 0.370 bits per heavy atom. The van der Waals surface area contributed by atoms with Crippen LogP contribution in [0.4, 0.5) is 0 Å². The Labute approximate surface area is 264 Å². The van der Waals surface area contributed by atoms with Gasteiger partial charge < -0.3 is 8.83 Å². The number of para-hydroxylation sites is 1. The lowest BCUT2D eigenvalue weighted by Crippen LogP contribution is -1.92. The third-order valence-corrected chi connectivity index (χ3v) is 9.53. The summed E-state index contributed by atoms with van der Waals surface area (Å²) >= 11 is 0. The van der Waals surface area contributed by atoms with Crippen LogP contribution in [-0.4, -0.2) is 0 Å². The highest BCUT2D eigenvalue weighted by Gasteiger charge is 2.21. The zero-order valence-corrected chi connectivity index (χ0v) is 24.8. The Bertz CT molecular complexity index is 2800. The van der Waals surface area contributed by atoms with Gasteiger partial charge in [-0.05, 0) is 90.6 Å². The molecule has 10 rings (SSSR count). The highest BCUT2D eigenvalue weighted by molar-refractivity contribution is 6.26. The van der Waals surface area contributed by atoms with E-state index >= 15 is 0 Å². The highest BCUT2D eigenvalue weighted by Crippen LogP contribution is 2.48. The minimum Gasteiger partial charge on any atom is -0.464 e. The van der Waals surface area contributed by atoms with Crippen LogP contribution in [0.3, 0.4) is 0 Å². The molecule has 0 saturated heterocycles. The molecule has 0 aliphatic carbocycles. The molecule has 0 fully saturated rings. The van der Waals surface area contributed by atoms with Crippen molar-refractivity contribution < 1.29 is 8.83 Å². The van der Waals surface area contributed by atoms with E-state index in [1.54, 1.807) is 6.26 Å². The standard InChI is InChI=1S/C44H26O2/c1-2-11-27(12-3-1)41-31-15-6-7-16-32(31)42(36-18-10-20-40-43(36)35-17-8-9-19-39(35)46-40)33-22-21-29(26-38(33)41)37-25-28-13-4-5-14-30(28)44-34(37)23-24-45-44/h1-26H. The topological polar surface area (TPSA) is 26.3 Å². The summed E-state index contributed by atoms with van der Waals surface area (Å²) in [4.78, 5) is 0. The predicted octanol–water partition coefficient (Wildman–Crippen LogP) is 12.8. The van der Waals surface area contributed by atoms with Gasteiger partial charge in [-0.1, -0.05) is 121 Å². The normalized spacial score (nSPS) is 11.9. The van der Waals surface area contributed by atoms with Crippen molar-refractivity contribution in [1.82, 2.24) is 0 Å². The van der Waals surface area contributed by atoms with Gasteiger partial charge in [0.25, 0.3) is 0 Å². The number of benzene rings is 8. The third-order valence-electron chi connectivity index (χ3n) is 9.53. The van der Waals surface area contributed by atoms with Crippen LogP contribution in [0.1, 0.15) is 0 Å². The molecule has 2 nitrogen and oxygen atoms in total. The molecule has 0 spiro atoms. The summed E-state index contributed by atoms with van der Waals surface area (Å²) < 4.78 is 12.4. The predicted molar refractivity (Wildman–Crippen MR) is 192 cm³/mol. The van der Waals surface area contributed by atoms with Crippen LogP contribution in [-0.2, 0) is 0 Å². The number of rotatable bonds is 3. The highest BCUT2D eigenvalue weighted by atomic mass is 16.3. The Balaban J connectivity index is 1.37. The van der Waals surface area contributed by atoms with Gasteiger partial charge in [0.2, 0.25) is 0 Å². The molecule has 0 N–H and O–H groups in total. The van der Waals surface area contributed by atoms with E-state index in [2.05, 4.69) is 146 Å². The van der Waals surface area contributed by atoms with Crippen LogP contribution < -0.4 is 0 Å². The molecule has 46 heavy (non-hydrogen) atoms. The summed E-state index contributed by atoms with van der Waals surface area (Å²) in [5, 5.41) is 10.6. The maximum atomic E-state index is 6.37. The second-order valence-electron chi connectivity index (χ2n) is 12.0. The molecule has 0 unspecified atom stereocenters. The van der Waals surface area contributed by atoms with Crippen molar-refractivity contribution in [2.24, 2.45) is 0 Å². The molecule has 10 aromatic rings. The van der Waals surface area contributed by atoms with E-state index in [0.29, 0.717) is 0 Å². The molecule has 0 aliphatic heterocycles. The van der Waals surface area contributed by atoms with Gasteiger partial charge in [0.05, 0.1) is 6.26 Å². The first-order chi connectivity index (χ1) is 22.8. The first kappa shape index (κ1) is 25.2. The van der Waals surface area contributed by atoms with Gasteiger partial charge in [0.15, 0.2) is 0 Å². The summed E-state index contributed by atoms with van der Waals surface area (Å²) in [6.07, 6.45) is 1.80. The number of fused-ring (bicyclic) bond motifs is 8. The maximum Gasteiger partial charge on any atom is 0.142 e. The van der Waals surface area contributed by atoms with Gasteiger partial charge >= 0.3 is 0 Å². The third kappa shape index (κ3) is 3.59. The fourth-order valence-electron chi connectivity index (χ4n) is 7.57. The average Bonchev–Trinajstić information content (AvgIpc) is 3.76. The summed E-state index contributed by atoms with van der Waals surface area (Å²) in [5.74, 6) is 0. The zero-order valence-electron chi connectivity index (χ0n) is 24.8. The number of furan rings is 2. The molecular weight excluding hydrogens is 560 g/mol. The van der Waals surface area contributed by atoms with Gasteiger partial charge in [-0.2, -0.15) is 0 Å². The average molecular weight is 587 g/mol. The van der Waals surface area contributed by atoms with Gasteiger partial charge in [0, 0.05) is 21.5 Å². The molecule has 214 valence electrons. The zero-order chi connectivity index (χ0) is 30.2. The number of hydrogen-bond acceptors (Lipinski definition) is 2. The molecule has 0 radical (unpaired) electrons. The Kier molecular flexibility index (Phi) is 5.31. The van der Waals surface area contributed by atoms with Gasteiger partial charge in [-0.3, -0.25) is 0 Å².